The summed E-state index contributed by atoms with van der Waals surface area (Å²) in [6.07, 6.45) is 9.22. The number of anilines is 2. The molecule has 0 unspecified atom stereocenters. The summed E-state index contributed by atoms with van der Waals surface area (Å²) in [5.74, 6) is 1.54. The molecule has 2 aromatic rings. The molecule has 7 nitrogen and oxygen atoms in total. The van der Waals surface area contributed by atoms with Crippen molar-refractivity contribution in [3.8, 4) is 5.75 Å². The normalized spacial score (nSPS) is 17.6. The fourth-order valence-electron chi connectivity index (χ4n) is 4.57. The lowest BCUT2D eigenvalue weighted by Crippen LogP contribution is -2.44. The van der Waals surface area contributed by atoms with E-state index in [-0.39, 0.29) is 17.7 Å². The van der Waals surface area contributed by atoms with Crippen LogP contribution in [0.3, 0.4) is 0 Å². The summed E-state index contributed by atoms with van der Waals surface area (Å²) in [7, 11) is 1.60. The number of carbonyl (C=O) groups is 2. The molecule has 2 amide bonds. The Labute approximate surface area is 189 Å². The van der Waals surface area contributed by atoms with Crippen molar-refractivity contribution < 1.29 is 14.3 Å². The number of ether oxygens (including phenoxy) is 1. The maximum atomic E-state index is 12.7. The molecule has 1 aliphatic carbocycles. The molecule has 1 aliphatic heterocycles. The Bertz CT molecular complexity index is 934. The number of nitrogens with zero attached hydrogens (tertiary/aromatic N) is 2. The molecule has 7 heteroatoms. The van der Waals surface area contributed by atoms with Gasteiger partial charge in [-0.1, -0.05) is 25.3 Å². The first-order valence-electron chi connectivity index (χ1n) is 11.6. The van der Waals surface area contributed by atoms with Gasteiger partial charge in [0.15, 0.2) is 0 Å². The lowest BCUT2D eigenvalue weighted by molar-refractivity contribution is -0.126. The Morgan fingerprint density at radius 2 is 1.81 bits per heavy atom. The van der Waals surface area contributed by atoms with Gasteiger partial charge >= 0.3 is 0 Å². The molecule has 4 rings (SSSR count). The first kappa shape index (κ1) is 22.1. The van der Waals surface area contributed by atoms with Crippen molar-refractivity contribution in [2.24, 2.45) is 5.92 Å². The summed E-state index contributed by atoms with van der Waals surface area (Å²) in [5, 5.41) is 6.17. The molecule has 2 N–H and O–H groups in total. The number of carbonyl (C=O) groups excluding carboxylic acids is 2. The zero-order valence-electron chi connectivity index (χ0n) is 18.7. The zero-order chi connectivity index (χ0) is 22.3. The Balaban J connectivity index is 1.32. The number of hydrogen-bond donors (Lipinski definition) is 2. The van der Waals surface area contributed by atoms with Crippen molar-refractivity contribution in [1.82, 2.24) is 10.3 Å². The lowest BCUT2D eigenvalue weighted by Gasteiger charge is -2.33. The molecule has 1 aromatic carbocycles. The van der Waals surface area contributed by atoms with Crippen molar-refractivity contribution in [2.45, 2.75) is 51.0 Å². The minimum Gasteiger partial charge on any atom is -0.497 e. The molecule has 0 atom stereocenters. The van der Waals surface area contributed by atoms with Crippen LogP contribution < -0.4 is 20.3 Å². The quantitative estimate of drug-likeness (QED) is 0.715. The van der Waals surface area contributed by atoms with Crippen LogP contribution in [0.25, 0.3) is 0 Å². The molecule has 0 bridgehead atoms. The Hall–Kier alpha value is -3.09. The van der Waals surface area contributed by atoms with E-state index in [2.05, 4.69) is 20.5 Å². The molecule has 0 radical (unpaired) electrons. The second kappa shape index (κ2) is 10.5. The SMILES string of the molecule is COc1cccc(NC(=O)c2ccnc(N3CCC(C(=O)NC4CCCCC4)CC3)c2)c1. The van der Waals surface area contributed by atoms with E-state index in [0.717, 1.165) is 44.6 Å². The number of pyridine rings is 1. The van der Waals surface area contributed by atoms with Crippen LogP contribution in [-0.4, -0.2) is 43.0 Å². The fourth-order valence-corrected chi connectivity index (χ4v) is 4.57. The smallest absolute Gasteiger partial charge is 0.255 e. The van der Waals surface area contributed by atoms with E-state index in [9.17, 15) is 9.59 Å². The van der Waals surface area contributed by atoms with E-state index >= 15 is 0 Å². The summed E-state index contributed by atoms with van der Waals surface area (Å²) >= 11 is 0. The molecule has 2 aliphatic rings. The van der Waals surface area contributed by atoms with E-state index in [1.807, 2.05) is 24.3 Å². The van der Waals surface area contributed by atoms with Crippen LogP contribution in [0, 0.1) is 5.92 Å². The third-order valence-corrected chi connectivity index (χ3v) is 6.48. The highest BCUT2D eigenvalue weighted by Crippen LogP contribution is 2.25. The van der Waals surface area contributed by atoms with Crippen LogP contribution in [0.4, 0.5) is 11.5 Å². The van der Waals surface area contributed by atoms with Gasteiger partial charge in [0.05, 0.1) is 7.11 Å². The highest BCUT2D eigenvalue weighted by atomic mass is 16.5. The Kier molecular flexibility index (Phi) is 7.24. The number of benzene rings is 1. The number of piperidine rings is 1. The first-order chi connectivity index (χ1) is 15.6. The number of rotatable bonds is 6. The van der Waals surface area contributed by atoms with Crippen LogP contribution in [0.1, 0.15) is 55.3 Å². The molecular weight excluding hydrogens is 404 g/mol. The number of aromatic nitrogens is 1. The van der Waals surface area contributed by atoms with E-state index in [1.54, 1.807) is 25.4 Å². The monoisotopic (exact) mass is 436 g/mol. The van der Waals surface area contributed by atoms with Crippen molar-refractivity contribution in [3.63, 3.8) is 0 Å². The van der Waals surface area contributed by atoms with E-state index in [4.69, 9.17) is 4.74 Å². The molecule has 1 aromatic heterocycles. The Morgan fingerprint density at radius 1 is 1.03 bits per heavy atom. The predicted octanol–water partition coefficient (Wildman–Crippen LogP) is 4.01. The summed E-state index contributed by atoms with van der Waals surface area (Å²) in [6.45, 7) is 1.52. The third-order valence-electron chi connectivity index (χ3n) is 6.48. The van der Waals surface area contributed by atoms with Gasteiger partial charge in [-0.05, 0) is 49.9 Å². The average molecular weight is 437 g/mol. The van der Waals surface area contributed by atoms with Crippen LogP contribution >= 0.6 is 0 Å². The van der Waals surface area contributed by atoms with Crippen LogP contribution in [0.5, 0.6) is 5.75 Å². The number of amides is 2. The molecule has 1 saturated carbocycles. The standard InChI is InChI=1S/C25H32N4O3/c1-32-22-9-5-8-21(17-22)28-25(31)19-10-13-26-23(16-19)29-14-11-18(12-15-29)24(30)27-20-6-3-2-4-7-20/h5,8-10,13,16-18,20H,2-4,6-7,11-12,14-15H2,1H3,(H,27,30)(H,28,31). The van der Waals surface area contributed by atoms with Gasteiger partial charge < -0.3 is 20.3 Å². The maximum Gasteiger partial charge on any atom is 0.255 e. The zero-order valence-corrected chi connectivity index (χ0v) is 18.7. The van der Waals surface area contributed by atoms with Crippen LogP contribution in [-0.2, 0) is 4.79 Å². The van der Waals surface area contributed by atoms with Gasteiger partial charge in [-0.3, -0.25) is 9.59 Å². The van der Waals surface area contributed by atoms with Crippen molar-refractivity contribution >= 4 is 23.3 Å². The number of hydrogen-bond acceptors (Lipinski definition) is 5. The minimum atomic E-state index is -0.191. The van der Waals surface area contributed by atoms with Crippen LogP contribution in [0.15, 0.2) is 42.6 Å². The molecule has 1 saturated heterocycles. The molecule has 32 heavy (non-hydrogen) atoms. The van der Waals surface area contributed by atoms with Crippen molar-refractivity contribution in [1.29, 1.82) is 0 Å². The van der Waals surface area contributed by atoms with Crippen LogP contribution in [0.2, 0.25) is 0 Å². The fraction of sp³-hybridized carbons (Fsp3) is 0.480. The molecular formula is C25H32N4O3. The number of nitrogens with one attached hydrogen (secondary N) is 2. The van der Waals surface area contributed by atoms with Gasteiger partial charge in [-0.15, -0.1) is 0 Å². The van der Waals surface area contributed by atoms with E-state index in [1.165, 1.54) is 19.3 Å². The van der Waals surface area contributed by atoms with E-state index in [0.29, 0.717) is 23.0 Å². The van der Waals surface area contributed by atoms with Gasteiger partial charge in [0.25, 0.3) is 5.91 Å². The third kappa shape index (κ3) is 5.58. The van der Waals surface area contributed by atoms with Gasteiger partial charge in [0, 0.05) is 48.6 Å². The Morgan fingerprint density at radius 3 is 2.56 bits per heavy atom. The second-order valence-corrected chi connectivity index (χ2v) is 8.69. The topological polar surface area (TPSA) is 83.6 Å². The van der Waals surface area contributed by atoms with Gasteiger partial charge in [0.1, 0.15) is 11.6 Å². The maximum absolute atomic E-state index is 12.7. The van der Waals surface area contributed by atoms with Gasteiger partial charge in [0.2, 0.25) is 5.91 Å². The number of methoxy groups -OCH3 is 1. The lowest BCUT2D eigenvalue weighted by atomic mass is 9.92. The van der Waals surface area contributed by atoms with Gasteiger partial charge in [-0.2, -0.15) is 0 Å². The molecule has 170 valence electrons. The summed E-state index contributed by atoms with van der Waals surface area (Å²) in [5.41, 5.74) is 1.23. The van der Waals surface area contributed by atoms with Crippen molar-refractivity contribution in [3.05, 3.63) is 48.2 Å². The second-order valence-electron chi connectivity index (χ2n) is 8.69. The largest absolute Gasteiger partial charge is 0.497 e. The molecule has 0 spiro atoms. The first-order valence-corrected chi connectivity index (χ1v) is 11.6. The van der Waals surface area contributed by atoms with E-state index < -0.39 is 0 Å². The molecule has 2 fully saturated rings. The van der Waals surface area contributed by atoms with Crippen molar-refractivity contribution in [2.75, 3.05) is 30.4 Å². The molecule has 2 heterocycles. The highest BCUT2D eigenvalue weighted by molar-refractivity contribution is 6.04. The summed E-state index contributed by atoms with van der Waals surface area (Å²) in [6, 6.07) is 11.2. The highest BCUT2D eigenvalue weighted by Gasteiger charge is 2.27. The van der Waals surface area contributed by atoms with Gasteiger partial charge in [-0.25, -0.2) is 4.98 Å². The summed E-state index contributed by atoms with van der Waals surface area (Å²) in [4.78, 5) is 32.0. The average Bonchev–Trinajstić information content (AvgIpc) is 2.85. The summed E-state index contributed by atoms with van der Waals surface area (Å²) < 4.78 is 5.21. The predicted molar refractivity (Wildman–Crippen MR) is 125 cm³/mol. The minimum absolute atomic E-state index is 0.0627.